The zero-order valence-corrected chi connectivity index (χ0v) is 14.8. The number of fused-ring (bicyclic) bond motifs is 2. The fourth-order valence-electron chi connectivity index (χ4n) is 3.87. The number of benzene rings is 5. The smallest absolute Gasteiger partial charge is 0.124 e. The summed E-state index contributed by atoms with van der Waals surface area (Å²) in [5.74, 6) is 0.303. The van der Waals surface area contributed by atoms with Crippen molar-refractivity contribution < 1.29 is 5.11 Å². The minimum Gasteiger partial charge on any atom is -0.507 e. The van der Waals surface area contributed by atoms with Crippen LogP contribution in [0.5, 0.6) is 5.75 Å². The van der Waals surface area contributed by atoms with E-state index >= 15 is 0 Å². The Morgan fingerprint density at radius 3 is 1.93 bits per heavy atom. The van der Waals surface area contributed by atoms with Gasteiger partial charge in [0.15, 0.2) is 0 Å². The molecule has 1 heteroatoms. The molecule has 0 heterocycles. The van der Waals surface area contributed by atoms with Gasteiger partial charge in [0.1, 0.15) is 5.75 Å². The van der Waals surface area contributed by atoms with Crippen molar-refractivity contribution in [2.75, 3.05) is 0 Å². The maximum atomic E-state index is 10.8. The maximum Gasteiger partial charge on any atom is 0.124 e. The fourth-order valence-corrected chi connectivity index (χ4v) is 3.87. The molecule has 1 nitrogen and oxygen atoms in total. The second kappa shape index (κ2) is 6.30. The van der Waals surface area contributed by atoms with Crippen molar-refractivity contribution in [2.45, 2.75) is 0 Å². The average Bonchev–Trinajstić information content (AvgIpc) is 2.72. The first-order valence-electron chi connectivity index (χ1n) is 9.10. The summed E-state index contributed by atoms with van der Waals surface area (Å²) in [5.41, 5.74) is 4.07. The van der Waals surface area contributed by atoms with E-state index in [4.69, 9.17) is 0 Å². The Bertz CT molecular complexity index is 1270. The van der Waals surface area contributed by atoms with Gasteiger partial charge in [0, 0.05) is 5.56 Å². The summed E-state index contributed by atoms with van der Waals surface area (Å²) in [7, 11) is 0. The number of phenolic OH excluding ortho intramolecular Hbond substituents is 1. The summed E-state index contributed by atoms with van der Waals surface area (Å²) in [4.78, 5) is 0. The molecule has 0 saturated carbocycles. The lowest BCUT2D eigenvalue weighted by atomic mass is 9.90. The van der Waals surface area contributed by atoms with Crippen LogP contribution in [0.15, 0.2) is 103 Å². The predicted octanol–water partition coefficient (Wildman–Crippen LogP) is 7.03. The van der Waals surface area contributed by atoms with Gasteiger partial charge < -0.3 is 5.11 Å². The van der Waals surface area contributed by atoms with Crippen LogP contribution >= 0.6 is 0 Å². The molecule has 0 aliphatic rings. The summed E-state index contributed by atoms with van der Waals surface area (Å²) in [6, 6.07) is 35.1. The Morgan fingerprint density at radius 2 is 1.11 bits per heavy atom. The molecule has 0 fully saturated rings. The van der Waals surface area contributed by atoms with Crippen molar-refractivity contribution in [1.82, 2.24) is 0 Å². The van der Waals surface area contributed by atoms with Crippen LogP contribution in [0.3, 0.4) is 0 Å². The van der Waals surface area contributed by atoms with Crippen molar-refractivity contribution in [1.29, 1.82) is 0 Å². The number of hydrogen-bond acceptors (Lipinski definition) is 1. The molecule has 0 aliphatic carbocycles. The third-order valence-electron chi connectivity index (χ3n) is 5.14. The normalized spacial score (nSPS) is 11.1. The molecule has 1 N–H and O–H groups in total. The fraction of sp³-hybridized carbons (Fsp3) is 0. The number of aromatic hydroxyl groups is 1. The lowest BCUT2D eigenvalue weighted by Gasteiger charge is -2.15. The lowest BCUT2D eigenvalue weighted by Crippen LogP contribution is -1.88. The van der Waals surface area contributed by atoms with Gasteiger partial charge in [0.05, 0.1) is 0 Å². The van der Waals surface area contributed by atoms with Gasteiger partial charge in [-0.05, 0) is 56.4 Å². The Hall–Kier alpha value is -3.58. The van der Waals surface area contributed by atoms with Gasteiger partial charge in [-0.2, -0.15) is 0 Å². The summed E-state index contributed by atoms with van der Waals surface area (Å²) >= 11 is 0. The minimum absolute atomic E-state index is 0.303. The van der Waals surface area contributed by atoms with Gasteiger partial charge in [0.2, 0.25) is 0 Å². The molecule has 0 aromatic heterocycles. The van der Waals surface area contributed by atoms with Crippen LogP contribution in [0, 0.1) is 0 Å². The monoisotopic (exact) mass is 346 g/mol. The van der Waals surface area contributed by atoms with Crippen LogP contribution in [-0.2, 0) is 0 Å². The number of rotatable bonds is 2. The van der Waals surface area contributed by atoms with Crippen molar-refractivity contribution in [3.05, 3.63) is 103 Å². The van der Waals surface area contributed by atoms with Gasteiger partial charge in [-0.15, -0.1) is 0 Å². The Morgan fingerprint density at radius 1 is 0.481 bits per heavy atom. The van der Waals surface area contributed by atoms with Crippen LogP contribution in [0.25, 0.3) is 43.8 Å². The topological polar surface area (TPSA) is 20.2 Å². The van der Waals surface area contributed by atoms with Crippen molar-refractivity contribution in [2.24, 2.45) is 0 Å². The third kappa shape index (κ3) is 2.65. The molecule has 5 aromatic rings. The largest absolute Gasteiger partial charge is 0.507 e. The van der Waals surface area contributed by atoms with E-state index in [1.807, 2.05) is 24.3 Å². The van der Waals surface area contributed by atoms with E-state index in [0.717, 1.165) is 27.6 Å². The van der Waals surface area contributed by atoms with Crippen LogP contribution < -0.4 is 0 Å². The first-order valence-corrected chi connectivity index (χ1v) is 9.10. The predicted molar refractivity (Wildman–Crippen MR) is 114 cm³/mol. The lowest BCUT2D eigenvalue weighted by molar-refractivity contribution is 0.477. The van der Waals surface area contributed by atoms with Crippen molar-refractivity contribution >= 4 is 21.5 Å². The SMILES string of the molecule is Oc1cccc(-c2ccccc2)c1-c1cccc2cc3ccccc3cc12. The molecule has 5 aromatic carbocycles. The molecule has 5 rings (SSSR count). The van der Waals surface area contributed by atoms with E-state index < -0.39 is 0 Å². The molecule has 128 valence electrons. The second-order valence-electron chi connectivity index (χ2n) is 6.79. The third-order valence-corrected chi connectivity index (χ3v) is 5.14. The van der Waals surface area contributed by atoms with Crippen molar-refractivity contribution in [3.8, 4) is 28.0 Å². The summed E-state index contributed by atoms with van der Waals surface area (Å²) < 4.78 is 0. The molecule has 0 amide bonds. The van der Waals surface area contributed by atoms with Gasteiger partial charge in [-0.1, -0.05) is 84.9 Å². The van der Waals surface area contributed by atoms with Crippen LogP contribution in [0.4, 0.5) is 0 Å². The summed E-state index contributed by atoms with van der Waals surface area (Å²) in [6.07, 6.45) is 0. The van der Waals surface area contributed by atoms with E-state index in [0.29, 0.717) is 5.75 Å². The standard InChI is InChI=1S/C26H18O/c27-25-15-7-13-22(18-8-2-1-3-9-18)26(25)23-14-6-12-21-16-19-10-4-5-11-20(19)17-24(21)23/h1-17,27H. The first-order chi connectivity index (χ1) is 13.3. The molecule has 0 bridgehead atoms. The zero-order chi connectivity index (χ0) is 18.2. The quantitative estimate of drug-likeness (QED) is 0.340. The molecular weight excluding hydrogens is 328 g/mol. The molecule has 0 spiro atoms. The Labute approximate surface area is 158 Å². The molecule has 0 atom stereocenters. The van der Waals surface area contributed by atoms with E-state index in [2.05, 4.69) is 72.8 Å². The van der Waals surface area contributed by atoms with Crippen LogP contribution in [0.1, 0.15) is 0 Å². The van der Waals surface area contributed by atoms with E-state index in [1.54, 1.807) is 6.07 Å². The summed E-state index contributed by atoms with van der Waals surface area (Å²) in [6.45, 7) is 0. The first kappa shape index (κ1) is 15.7. The van der Waals surface area contributed by atoms with Gasteiger partial charge in [-0.3, -0.25) is 0 Å². The Kier molecular flexibility index (Phi) is 3.65. The van der Waals surface area contributed by atoms with Gasteiger partial charge >= 0.3 is 0 Å². The Balaban J connectivity index is 1.86. The average molecular weight is 346 g/mol. The van der Waals surface area contributed by atoms with Gasteiger partial charge in [-0.25, -0.2) is 0 Å². The number of phenols is 1. The van der Waals surface area contributed by atoms with E-state index in [1.165, 1.54) is 16.2 Å². The molecule has 0 saturated heterocycles. The highest BCUT2D eigenvalue weighted by atomic mass is 16.3. The van der Waals surface area contributed by atoms with Crippen LogP contribution in [0.2, 0.25) is 0 Å². The van der Waals surface area contributed by atoms with Crippen molar-refractivity contribution in [3.63, 3.8) is 0 Å². The highest BCUT2D eigenvalue weighted by Gasteiger charge is 2.14. The van der Waals surface area contributed by atoms with E-state index in [9.17, 15) is 5.11 Å². The molecule has 0 unspecified atom stereocenters. The van der Waals surface area contributed by atoms with Crippen LogP contribution in [-0.4, -0.2) is 5.11 Å². The zero-order valence-electron chi connectivity index (χ0n) is 14.8. The molecule has 0 aliphatic heterocycles. The summed E-state index contributed by atoms with van der Waals surface area (Å²) in [5, 5.41) is 15.5. The maximum absolute atomic E-state index is 10.8. The number of hydrogen-bond donors (Lipinski definition) is 1. The van der Waals surface area contributed by atoms with E-state index in [-0.39, 0.29) is 0 Å². The molecular formula is C26H18O. The second-order valence-corrected chi connectivity index (χ2v) is 6.79. The minimum atomic E-state index is 0.303. The highest BCUT2D eigenvalue weighted by Crippen LogP contribution is 2.42. The highest BCUT2D eigenvalue weighted by molar-refractivity contribution is 6.07. The molecule has 27 heavy (non-hydrogen) atoms. The molecule has 0 radical (unpaired) electrons. The van der Waals surface area contributed by atoms with Gasteiger partial charge in [0.25, 0.3) is 0 Å².